The molecule has 0 aliphatic heterocycles. The van der Waals surface area contributed by atoms with Crippen molar-refractivity contribution in [3.05, 3.63) is 29.8 Å². The summed E-state index contributed by atoms with van der Waals surface area (Å²) in [6.45, 7) is 2.29. The number of benzene rings is 1. The second kappa shape index (κ2) is 2.00. The van der Waals surface area contributed by atoms with E-state index in [0.717, 1.165) is 5.69 Å². The maximum atomic E-state index is 5.68. The van der Waals surface area contributed by atoms with Crippen molar-refractivity contribution < 1.29 is 0 Å². The summed E-state index contributed by atoms with van der Waals surface area (Å²) in [5, 5.41) is 0. The van der Waals surface area contributed by atoms with Crippen molar-refractivity contribution in [3.63, 3.8) is 0 Å². The molecule has 0 bridgehead atoms. The highest BCUT2D eigenvalue weighted by Gasteiger charge is 2.38. The number of hydrogen-bond acceptors (Lipinski definition) is 1. The molecule has 1 saturated carbocycles. The lowest BCUT2D eigenvalue weighted by molar-refractivity contribution is 0.788. The first-order valence-electron chi connectivity index (χ1n) is 4.07. The van der Waals surface area contributed by atoms with E-state index in [0.29, 0.717) is 5.41 Å². The van der Waals surface area contributed by atoms with E-state index >= 15 is 0 Å². The van der Waals surface area contributed by atoms with Crippen LogP contribution in [-0.2, 0) is 5.41 Å². The van der Waals surface area contributed by atoms with Gasteiger partial charge in [-0.05, 0) is 36.0 Å². The van der Waals surface area contributed by atoms with E-state index in [9.17, 15) is 0 Å². The van der Waals surface area contributed by atoms with Crippen molar-refractivity contribution in [2.24, 2.45) is 0 Å². The lowest BCUT2D eigenvalue weighted by atomic mass is 9.98. The predicted molar refractivity (Wildman–Crippen MR) is 47.4 cm³/mol. The largest absolute Gasteiger partial charge is 0.399 e. The molecule has 0 saturated heterocycles. The molecular weight excluding hydrogens is 134 g/mol. The van der Waals surface area contributed by atoms with E-state index in [2.05, 4.69) is 19.1 Å². The van der Waals surface area contributed by atoms with Crippen LogP contribution in [0.25, 0.3) is 0 Å². The number of nitrogen functional groups attached to an aromatic ring is 1. The van der Waals surface area contributed by atoms with E-state index in [1.165, 1.54) is 18.4 Å². The Bertz CT molecular complexity index is 274. The SMILES string of the molecule is CC1(c2cccc(N)c2)CC1. The van der Waals surface area contributed by atoms with E-state index in [1.807, 2.05) is 12.1 Å². The Labute approximate surface area is 67.2 Å². The standard InChI is InChI=1S/C10H13N/c1-10(5-6-10)8-3-2-4-9(11)7-8/h2-4,7H,5-6,11H2,1H3. The first-order valence-corrected chi connectivity index (χ1v) is 4.07. The molecule has 0 unspecified atom stereocenters. The number of rotatable bonds is 1. The van der Waals surface area contributed by atoms with Crippen molar-refractivity contribution in [2.75, 3.05) is 5.73 Å². The minimum atomic E-state index is 0.454. The fourth-order valence-electron chi connectivity index (χ4n) is 1.39. The Morgan fingerprint density at radius 2 is 2.09 bits per heavy atom. The highest BCUT2D eigenvalue weighted by molar-refractivity contribution is 5.44. The van der Waals surface area contributed by atoms with Crippen LogP contribution >= 0.6 is 0 Å². The molecule has 11 heavy (non-hydrogen) atoms. The molecule has 0 radical (unpaired) electrons. The third kappa shape index (κ3) is 1.11. The van der Waals surface area contributed by atoms with Crippen molar-refractivity contribution in [1.29, 1.82) is 0 Å². The van der Waals surface area contributed by atoms with Crippen LogP contribution in [0.4, 0.5) is 5.69 Å². The minimum absolute atomic E-state index is 0.454. The zero-order valence-corrected chi connectivity index (χ0v) is 6.80. The fourth-order valence-corrected chi connectivity index (χ4v) is 1.39. The van der Waals surface area contributed by atoms with Gasteiger partial charge in [-0.2, -0.15) is 0 Å². The van der Waals surface area contributed by atoms with Gasteiger partial charge in [0.2, 0.25) is 0 Å². The Morgan fingerprint density at radius 1 is 1.36 bits per heavy atom. The quantitative estimate of drug-likeness (QED) is 0.606. The Morgan fingerprint density at radius 3 is 2.64 bits per heavy atom. The number of hydrogen-bond donors (Lipinski definition) is 1. The van der Waals surface area contributed by atoms with Gasteiger partial charge >= 0.3 is 0 Å². The third-order valence-corrected chi connectivity index (χ3v) is 2.58. The normalized spacial score (nSPS) is 19.7. The van der Waals surface area contributed by atoms with Crippen molar-refractivity contribution in [1.82, 2.24) is 0 Å². The molecule has 2 rings (SSSR count). The molecule has 58 valence electrons. The maximum Gasteiger partial charge on any atom is 0.0316 e. The summed E-state index contributed by atoms with van der Waals surface area (Å²) in [6.07, 6.45) is 2.63. The maximum absolute atomic E-state index is 5.68. The van der Waals surface area contributed by atoms with Crippen LogP contribution in [0.3, 0.4) is 0 Å². The van der Waals surface area contributed by atoms with E-state index in [4.69, 9.17) is 5.73 Å². The fraction of sp³-hybridized carbons (Fsp3) is 0.400. The van der Waals surface area contributed by atoms with Crippen LogP contribution in [0.5, 0.6) is 0 Å². The van der Waals surface area contributed by atoms with Crippen LogP contribution in [0.1, 0.15) is 25.3 Å². The summed E-state index contributed by atoms with van der Waals surface area (Å²) < 4.78 is 0. The van der Waals surface area contributed by atoms with Gasteiger partial charge in [-0.1, -0.05) is 19.1 Å². The van der Waals surface area contributed by atoms with Crippen LogP contribution in [0.15, 0.2) is 24.3 Å². The molecule has 0 spiro atoms. The second-order valence-electron chi connectivity index (χ2n) is 3.69. The predicted octanol–water partition coefficient (Wildman–Crippen LogP) is 2.32. The third-order valence-electron chi connectivity index (χ3n) is 2.58. The highest BCUT2D eigenvalue weighted by Crippen LogP contribution is 2.47. The molecule has 0 aromatic heterocycles. The van der Waals surface area contributed by atoms with Crippen LogP contribution in [-0.4, -0.2) is 0 Å². The van der Waals surface area contributed by atoms with Crippen molar-refractivity contribution >= 4 is 5.69 Å². The molecular formula is C10H13N. The monoisotopic (exact) mass is 147 g/mol. The Hall–Kier alpha value is -0.980. The summed E-state index contributed by atoms with van der Waals surface area (Å²) >= 11 is 0. The first-order chi connectivity index (χ1) is 5.21. The van der Waals surface area contributed by atoms with E-state index in [1.54, 1.807) is 0 Å². The highest BCUT2D eigenvalue weighted by atomic mass is 14.5. The molecule has 1 aliphatic rings. The van der Waals surface area contributed by atoms with Crippen LogP contribution < -0.4 is 5.73 Å². The van der Waals surface area contributed by atoms with Crippen LogP contribution in [0.2, 0.25) is 0 Å². The zero-order chi connectivity index (χ0) is 7.90. The molecule has 1 aromatic rings. The van der Waals surface area contributed by atoms with Gasteiger partial charge < -0.3 is 5.73 Å². The molecule has 0 amide bonds. The summed E-state index contributed by atoms with van der Waals surface area (Å²) in [5.41, 5.74) is 8.42. The molecule has 1 nitrogen and oxygen atoms in total. The minimum Gasteiger partial charge on any atom is -0.399 e. The second-order valence-corrected chi connectivity index (χ2v) is 3.69. The summed E-state index contributed by atoms with van der Waals surface area (Å²) in [4.78, 5) is 0. The van der Waals surface area contributed by atoms with Gasteiger partial charge in [-0.3, -0.25) is 0 Å². The van der Waals surface area contributed by atoms with Crippen molar-refractivity contribution in [3.8, 4) is 0 Å². The summed E-state index contributed by atoms with van der Waals surface area (Å²) in [7, 11) is 0. The van der Waals surface area contributed by atoms with Gasteiger partial charge in [0.15, 0.2) is 0 Å². The molecule has 0 heterocycles. The van der Waals surface area contributed by atoms with Gasteiger partial charge in [0.05, 0.1) is 0 Å². The molecule has 1 fully saturated rings. The molecule has 1 heteroatoms. The number of nitrogens with two attached hydrogens (primary N) is 1. The summed E-state index contributed by atoms with van der Waals surface area (Å²) in [6, 6.07) is 8.24. The van der Waals surface area contributed by atoms with Gasteiger partial charge in [0.1, 0.15) is 0 Å². The molecule has 0 atom stereocenters. The lowest BCUT2D eigenvalue weighted by Crippen LogP contribution is -1.99. The first kappa shape index (κ1) is 6.71. The van der Waals surface area contributed by atoms with E-state index < -0.39 is 0 Å². The Balaban J connectivity index is 2.38. The van der Waals surface area contributed by atoms with Crippen molar-refractivity contribution in [2.45, 2.75) is 25.2 Å². The van der Waals surface area contributed by atoms with Gasteiger partial charge in [0.25, 0.3) is 0 Å². The van der Waals surface area contributed by atoms with Gasteiger partial charge in [0, 0.05) is 5.69 Å². The average molecular weight is 147 g/mol. The topological polar surface area (TPSA) is 26.0 Å². The van der Waals surface area contributed by atoms with Gasteiger partial charge in [-0.25, -0.2) is 0 Å². The molecule has 1 aromatic carbocycles. The zero-order valence-electron chi connectivity index (χ0n) is 6.80. The van der Waals surface area contributed by atoms with E-state index in [-0.39, 0.29) is 0 Å². The smallest absolute Gasteiger partial charge is 0.0316 e. The lowest BCUT2D eigenvalue weighted by Gasteiger charge is -2.08. The molecule has 1 aliphatic carbocycles. The molecule has 2 N–H and O–H groups in total. The number of anilines is 1. The summed E-state index contributed by atoms with van der Waals surface area (Å²) in [5.74, 6) is 0. The average Bonchev–Trinajstić information content (AvgIpc) is 2.70. The van der Waals surface area contributed by atoms with Crippen LogP contribution in [0, 0.1) is 0 Å². The van der Waals surface area contributed by atoms with Gasteiger partial charge in [-0.15, -0.1) is 0 Å². The Kier molecular flexibility index (Phi) is 1.22.